The number of amides is 1. The molecule has 2 aliphatic rings. The summed E-state index contributed by atoms with van der Waals surface area (Å²) in [6.45, 7) is 2.08. The highest BCUT2D eigenvalue weighted by Crippen LogP contribution is 2.50. The Bertz CT molecular complexity index is 691. The first-order chi connectivity index (χ1) is 11.1. The number of hydrogen-bond donors (Lipinski definition) is 0. The number of rotatable bonds is 5. The molecule has 0 bridgehead atoms. The van der Waals surface area contributed by atoms with E-state index in [2.05, 4.69) is 52.0 Å². The normalized spacial score (nSPS) is 24.3. The molecule has 1 heterocycles. The summed E-state index contributed by atoms with van der Waals surface area (Å²) < 4.78 is 6.61. The van der Waals surface area contributed by atoms with Gasteiger partial charge in [0, 0.05) is 16.4 Å². The smallest absolute Gasteiger partial charge is 0.227 e. The molecule has 1 aromatic heterocycles. The number of carbonyl (C=O) groups excluding carboxylic acids is 1. The Morgan fingerprint density at radius 3 is 2.61 bits per heavy atom. The second-order valence-electron chi connectivity index (χ2n) is 6.67. The summed E-state index contributed by atoms with van der Waals surface area (Å²) >= 11 is 3.47. The molecule has 1 aromatic carbocycles. The third kappa shape index (κ3) is 2.97. The van der Waals surface area contributed by atoms with E-state index in [-0.39, 0.29) is 12.0 Å². The van der Waals surface area contributed by atoms with Gasteiger partial charge in [-0.15, -0.1) is 0 Å². The fourth-order valence-electron chi connectivity index (χ4n) is 3.44. The monoisotopic (exact) mass is 373 g/mol. The summed E-state index contributed by atoms with van der Waals surface area (Å²) in [4.78, 5) is 15.1. The molecule has 0 spiro atoms. The number of nitrogens with zero attached hydrogens (tertiary/aromatic N) is 1. The molecule has 4 rings (SSSR count). The number of furan rings is 1. The first-order valence-electron chi connectivity index (χ1n) is 8.26. The molecule has 3 unspecified atom stereocenters. The van der Waals surface area contributed by atoms with Crippen molar-refractivity contribution in [3.05, 3.63) is 58.5 Å². The highest BCUT2D eigenvalue weighted by atomic mass is 79.9. The lowest BCUT2D eigenvalue weighted by atomic mass is 10.1. The van der Waals surface area contributed by atoms with Crippen molar-refractivity contribution in [1.82, 2.24) is 4.90 Å². The van der Waals surface area contributed by atoms with Gasteiger partial charge < -0.3 is 9.32 Å². The van der Waals surface area contributed by atoms with Crippen LogP contribution >= 0.6 is 15.9 Å². The molecule has 0 aliphatic heterocycles. The molecule has 4 heteroatoms. The van der Waals surface area contributed by atoms with Gasteiger partial charge in [-0.05, 0) is 61.9 Å². The largest absolute Gasteiger partial charge is 0.467 e. The summed E-state index contributed by atoms with van der Waals surface area (Å²) in [6, 6.07) is 12.6. The zero-order chi connectivity index (χ0) is 16.0. The zero-order valence-corrected chi connectivity index (χ0v) is 14.7. The van der Waals surface area contributed by atoms with Gasteiger partial charge in [0.15, 0.2) is 0 Å². The van der Waals surface area contributed by atoms with E-state index in [0.29, 0.717) is 17.9 Å². The SMILES string of the molecule is CC(c1ccco1)N(C(=O)C1CC1c1ccc(Br)cc1)C1CC1. The van der Waals surface area contributed by atoms with Gasteiger partial charge in [-0.25, -0.2) is 0 Å². The van der Waals surface area contributed by atoms with Crippen molar-refractivity contribution in [3.63, 3.8) is 0 Å². The highest BCUT2D eigenvalue weighted by Gasteiger charge is 2.49. The van der Waals surface area contributed by atoms with Crippen LogP contribution in [-0.2, 0) is 4.79 Å². The number of halogens is 1. The number of benzene rings is 1. The summed E-state index contributed by atoms with van der Waals surface area (Å²) in [5.41, 5.74) is 1.27. The molecule has 2 aromatic rings. The van der Waals surface area contributed by atoms with Crippen molar-refractivity contribution < 1.29 is 9.21 Å². The Morgan fingerprint density at radius 2 is 2.00 bits per heavy atom. The Morgan fingerprint density at radius 1 is 1.26 bits per heavy atom. The van der Waals surface area contributed by atoms with E-state index in [4.69, 9.17) is 4.42 Å². The van der Waals surface area contributed by atoms with Crippen LogP contribution in [0, 0.1) is 5.92 Å². The Hall–Kier alpha value is -1.55. The molecule has 1 amide bonds. The van der Waals surface area contributed by atoms with Gasteiger partial charge in [0.25, 0.3) is 0 Å². The van der Waals surface area contributed by atoms with Gasteiger partial charge in [-0.1, -0.05) is 28.1 Å². The molecule has 2 saturated carbocycles. The van der Waals surface area contributed by atoms with Crippen molar-refractivity contribution in [2.45, 2.75) is 44.2 Å². The average molecular weight is 374 g/mol. The van der Waals surface area contributed by atoms with Gasteiger partial charge in [-0.3, -0.25) is 4.79 Å². The van der Waals surface area contributed by atoms with Crippen LogP contribution in [0.5, 0.6) is 0 Å². The van der Waals surface area contributed by atoms with Gasteiger partial charge in [0.05, 0.1) is 12.3 Å². The van der Waals surface area contributed by atoms with Gasteiger partial charge >= 0.3 is 0 Å². The van der Waals surface area contributed by atoms with Gasteiger partial charge in [-0.2, -0.15) is 0 Å². The fourth-order valence-corrected chi connectivity index (χ4v) is 3.71. The molecule has 23 heavy (non-hydrogen) atoms. The lowest BCUT2D eigenvalue weighted by Gasteiger charge is -2.28. The summed E-state index contributed by atoms with van der Waals surface area (Å²) in [7, 11) is 0. The van der Waals surface area contributed by atoms with Crippen molar-refractivity contribution in [2.75, 3.05) is 0 Å². The second kappa shape index (κ2) is 5.82. The van der Waals surface area contributed by atoms with Crippen LogP contribution in [0.4, 0.5) is 0 Å². The second-order valence-corrected chi connectivity index (χ2v) is 7.58. The topological polar surface area (TPSA) is 33.5 Å². The molecule has 2 fully saturated rings. The van der Waals surface area contributed by atoms with E-state index < -0.39 is 0 Å². The molecule has 2 aliphatic carbocycles. The lowest BCUT2D eigenvalue weighted by Crippen LogP contribution is -2.36. The summed E-state index contributed by atoms with van der Waals surface area (Å²) in [6.07, 6.45) is 4.89. The van der Waals surface area contributed by atoms with Crippen LogP contribution in [-0.4, -0.2) is 16.8 Å². The third-order valence-electron chi connectivity index (χ3n) is 4.97. The van der Waals surface area contributed by atoms with Crippen LogP contribution in [0.1, 0.15) is 49.5 Å². The first kappa shape index (κ1) is 15.0. The Balaban J connectivity index is 1.50. The van der Waals surface area contributed by atoms with E-state index in [1.54, 1.807) is 6.26 Å². The van der Waals surface area contributed by atoms with Crippen LogP contribution in [0.15, 0.2) is 51.6 Å². The van der Waals surface area contributed by atoms with Crippen LogP contribution in [0.25, 0.3) is 0 Å². The Labute approximate surface area is 144 Å². The lowest BCUT2D eigenvalue weighted by molar-refractivity contribution is -0.136. The minimum atomic E-state index is 0.0242. The fraction of sp³-hybridized carbons (Fsp3) is 0.421. The molecule has 3 atom stereocenters. The molecule has 0 N–H and O–H groups in total. The van der Waals surface area contributed by atoms with Crippen molar-refractivity contribution in [2.24, 2.45) is 5.92 Å². The molecular weight excluding hydrogens is 354 g/mol. The van der Waals surface area contributed by atoms with E-state index in [1.165, 1.54) is 5.56 Å². The van der Waals surface area contributed by atoms with Gasteiger partial charge in [0.1, 0.15) is 5.76 Å². The van der Waals surface area contributed by atoms with Crippen molar-refractivity contribution >= 4 is 21.8 Å². The molecule has 3 nitrogen and oxygen atoms in total. The maximum absolute atomic E-state index is 13.0. The molecule has 0 radical (unpaired) electrons. The Kier molecular flexibility index (Phi) is 3.80. The summed E-state index contributed by atoms with van der Waals surface area (Å²) in [5, 5.41) is 0. The minimum Gasteiger partial charge on any atom is -0.467 e. The van der Waals surface area contributed by atoms with E-state index in [1.807, 2.05) is 12.1 Å². The predicted octanol–water partition coefficient (Wildman–Crippen LogP) is 4.90. The number of hydrogen-bond acceptors (Lipinski definition) is 2. The van der Waals surface area contributed by atoms with Crippen molar-refractivity contribution in [1.29, 1.82) is 0 Å². The molecule has 120 valence electrons. The van der Waals surface area contributed by atoms with Crippen LogP contribution < -0.4 is 0 Å². The highest BCUT2D eigenvalue weighted by molar-refractivity contribution is 9.10. The minimum absolute atomic E-state index is 0.0242. The number of carbonyl (C=O) groups is 1. The van der Waals surface area contributed by atoms with E-state index in [9.17, 15) is 4.79 Å². The van der Waals surface area contributed by atoms with Crippen LogP contribution in [0.3, 0.4) is 0 Å². The summed E-state index contributed by atoms with van der Waals surface area (Å²) in [5.74, 6) is 1.69. The standard InChI is InChI=1S/C19H20BrNO2/c1-12(18-3-2-10-23-18)21(15-8-9-15)19(22)17-11-16(17)13-4-6-14(20)7-5-13/h2-7,10,12,15-17H,8-9,11H2,1H3. The zero-order valence-electron chi connectivity index (χ0n) is 13.1. The predicted molar refractivity (Wildman–Crippen MR) is 92.0 cm³/mol. The quantitative estimate of drug-likeness (QED) is 0.746. The third-order valence-corrected chi connectivity index (χ3v) is 5.50. The van der Waals surface area contributed by atoms with Crippen molar-refractivity contribution in [3.8, 4) is 0 Å². The van der Waals surface area contributed by atoms with Crippen LogP contribution in [0.2, 0.25) is 0 Å². The van der Waals surface area contributed by atoms with E-state index >= 15 is 0 Å². The maximum Gasteiger partial charge on any atom is 0.227 e. The molecule has 0 saturated heterocycles. The average Bonchev–Trinajstić information content (AvgIpc) is 3.47. The first-order valence-corrected chi connectivity index (χ1v) is 9.05. The molecular formula is C19H20BrNO2. The van der Waals surface area contributed by atoms with Gasteiger partial charge in [0.2, 0.25) is 5.91 Å². The van der Waals surface area contributed by atoms with E-state index in [0.717, 1.165) is 29.5 Å². The maximum atomic E-state index is 13.0.